The number of carbonyl (C=O) groups is 1. The van der Waals surface area contributed by atoms with Crippen molar-refractivity contribution in [1.29, 1.82) is 0 Å². The number of ketones is 1. The van der Waals surface area contributed by atoms with Crippen molar-refractivity contribution < 1.29 is 17.6 Å². The van der Waals surface area contributed by atoms with E-state index < -0.39 is 15.8 Å². The van der Waals surface area contributed by atoms with E-state index in [9.17, 15) is 17.6 Å². The number of halogens is 1. The zero-order chi connectivity index (χ0) is 16.2. The van der Waals surface area contributed by atoms with Crippen molar-refractivity contribution in [3.8, 4) is 0 Å². The number of rotatable bonds is 5. The maximum atomic E-state index is 12.7. The van der Waals surface area contributed by atoms with Crippen LogP contribution in [0.5, 0.6) is 0 Å². The minimum atomic E-state index is -3.72. The Morgan fingerprint density at radius 2 is 1.64 bits per heavy atom. The molecular formula is C15H13FN2O3S. The lowest BCUT2D eigenvalue weighted by Crippen LogP contribution is -2.11. The normalized spacial score (nSPS) is 11.5. The van der Waals surface area contributed by atoms with Crippen LogP contribution in [0.1, 0.15) is 10.4 Å². The lowest BCUT2D eigenvalue weighted by Gasteiger charge is -2.02. The molecule has 0 bridgehead atoms. The third-order valence-electron chi connectivity index (χ3n) is 2.80. The van der Waals surface area contributed by atoms with E-state index in [-0.39, 0.29) is 10.7 Å². The van der Waals surface area contributed by atoms with Gasteiger partial charge in [0.2, 0.25) is 10.0 Å². The van der Waals surface area contributed by atoms with Crippen molar-refractivity contribution >= 4 is 21.5 Å². The Kier molecular flexibility index (Phi) is 4.69. The van der Waals surface area contributed by atoms with Gasteiger partial charge in [-0.3, -0.25) is 4.79 Å². The highest BCUT2D eigenvalue weighted by Crippen LogP contribution is 2.12. The molecule has 0 aliphatic carbocycles. The van der Waals surface area contributed by atoms with Crippen LogP contribution in [0.15, 0.2) is 65.7 Å². The number of sulfonamides is 1. The van der Waals surface area contributed by atoms with Crippen LogP contribution in [0, 0.1) is 5.82 Å². The van der Waals surface area contributed by atoms with Crippen molar-refractivity contribution in [3.05, 3.63) is 72.2 Å². The SMILES string of the molecule is NS(=O)(=O)c1ccc(N/C=C/C(=O)c2ccc(F)cc2)cc1. The molecule has 0 aromatic heterocycles. The monoisotopic (exact) mass is 320 g/mol. The molecule has 2 aromatic rings. The van der Waals surface area contributed by atoms with Crippen LogP contribution < -0.4 is 10.5 Å². The predicted molar refractivity (Wildman–Crippen MR) is 81.3 cm³/mol. The number of anilines is 1. The predicted octanol–water partition coefficient (Wildman–Crippen LogP) is 2.28. The molecule has 7 heteroatoms. The summed E-state index contributed by atoms with van der Waals surface area (Å²) in [5, 5.41) is 7.81. The van der Waals surface area contributed by atoms with Crippen molar-refractivity contribution in [3.63, 3.8) is 0 Å². The molecule has 0 fully saturated rings. The summed E-state index contributed by atoms with van der Waals surface area (Å²) in [5.74, 6) is -0.692. The Bertz CT molecular complexity index is 798. The molecule has 0 atom stereocenters. The molecule has 0 saturated heterocycles. The highest BCUT2D eigenvalue weighted by atomic mass is 32.2. The van der Waals surface area contributed by atoms with E-state index in [4.69, 9.17) is 5.14 Å². The first kappa shape index (κ1) is 15.9. The van der Waals surface area contributed by atoms with Gasteiger partial charge in [0.25, 0.3) is 0 Å². The average molecular weight is 320 g/mol. The molecule has 0 aliphatic rings. The van der Waals surface area contributed by atoms with Crippen molar-refractivity contribution in [2.24, 2.45) is 5.14 Å². The van der Waals surface area contributed by atoms with Gasteiger partial charge in [-0.1, -0.05) is 0 Å². The van der Waals surface area contributed by atoms with Gasteiger partial charge >= 0.3 is 0 Å². The summed E-state index contributed by atoms with van der Waals surface area (Å²) in [6, 6.07) is 11.0. The molecule has 0 amide bonds. The van der Waals surface area contributed by atoms with Crippen LogP contribution in [-0.2, 0) is 10.0 Å². The molecule has 0 unspecified atom stereocenters. The number of primary sulfonamides is 1. The smallest absolute Gasteiger partial charge is 0.238 e. The number of allylic oxidation sites excluding steroid dienone is 1. The second-order valence-electron chi connectivity index (χ2n) is 4.42. The van der Waals surface area contributed by atoms with Crippen LogP contribution in [0.25, 0.3) is 0 Å². The molecule has 0 heterocycles. The van der Waals surface area contributed by atoms with Gasteiger partial charge in [0, 0.05) is 23.5 Å². The minimum Gasteiger partial charge on any atom is -0.362 e. The summed E-state index contributed by atoms with van der Waals surface area (Å²) in [6.07, 6.45) is 2.71. The Morgan fingerprint density at radius 3 is 2.18 bits per heavy atom. The summed E-state index contributed by atoms with van der Waals surface area (Å²) >= 11 is 0. The van der Waals surface area contributed by atoms with E-state index >= 15 is 0 Å². The van der Waals surface area contributed by atoms with Gasteiger partial charge in [-0.05, 0) is 48.5 Å². The van der Waals surface area contributed by atoms with Crippen molar-refractivity contribution in [1.82, 2.24) is 0 Å². The summed E-state index contributed by atoms with van der Waals surface area (Å²) in [7, 11) is -3.72. The summed E-state index contributed by atoms with van der Waals surface area (Å²) in [4.78, 5) is 11.8. The van der Waals surface area contributed by atoms with Gasteiger partial charge in [-0.2, -0.15) is 0 Å². The molecule has 5 nitrogen and oxygen atoms in total. The molecular weight excluding hydrogens is 307 g/mol. The van der Waals surface area contributed by atoms with E-state index in [0.29, 0.717) is 11.3 Å². The van der Waals surface area contributed by atoms with Gasteiger partial charge in [0.1, 0.15) is 5.82 Å². The zero-order valence-corrected chi connectivity index (χ0v) is 12.2. The van der Waals surface area contributed by atoms with Crippen LogP contribution in [0.2, 0.25) is 0 Å². The number of nitrogens with one attached hydrogen (secondary N) is 1. The van der Waals surface area contributed by atoms with Gasteiger partial charge in [-0.25, -0.2) is 17.9 Å². The van der Waals surface area contributed by atoms with Gasteiger partial charge < -0.3 is 5.32 Å². The molecule has 0 aliphatic heterocycles. The van der Waals surface area contributed by atoms with E-state index in [0.717, 1.165) is 0 Å². The standard InChI is InChI=1S/C15H13FN2O3S/c16-12-3-1-11(2-4-12)15(19)9-10-18-13-5-7-14(8-6-13)22(17,20)21/h1-10,18H,(H2,17,20,21)/b10-9+. The van der Waals surface area contributed by atoms with Crippen molar-refractivity contribution in [2.75, 3.05) is 5.32 Å². The molecule has 3 N–H and O–H groups in total. The number of benzene rings is 2. The Hall–Kier alpha value is -2.51. The van der Waals surface area contributed by atoms with Gasteiger partial charge in [0.05, 0.1) is 4.90 Å². The Labute approximate surface area is 127 Å². The molecule has 0 radical (unpaired) electrons. The fourth-order valence-corrected chi connectivity index (χ4v) is 2.18. The first-order chi connectivity index (χ1) is 10.4. The van der Waals surface area contributed by atoms with Crippen LogP contribution in [0.4, 0.5) is 10.1 Å². The van der Waals surface area contributed by atoms with Crippen LogP contribution in [0.3, 0.4) is 0 Å². The van der Waals surface area contributed by atoms with E-state index in [2.05, 4.69) is 5.32 Å². The van der Waals surface area contributed by atoms with Crippen molar-refractivity contribution in [2.45, 2.75) is 4.90 Å². The minimum absolute atomic E-state index is 0.00409. The van der Waals surface area contributed by atoms with E-state index in [1.165, 1.54) is 60.8 Å². The first-order valence-electron chi connectivity index (χ1n) is 6.22. The summed E-state index contributed by atoms with van der Waals surface area (Å²) in [6.45, 7) is 0. The molecule has 114 valence electrons. The highest BCUT2D eigenvalue weighted by molar-refractivity contribution is 7.89. The second kappa shape index (κ2) is 6.50. The Balaban J connectivity index is 2.00. The lowest BCUT2D eigenvalue weighted by atomic mass is 10.1. The first-order valence-corrected chi connectivity index (χ1v) is 7.77. The van der Waals surface area contributed by atoms with Crippen LogP contribution in [-0.4, -0.2) is 14.2 Å². The number of hydrogen-bond acceptors (Lipinski definition) is 4. The fourth-order valence-electron chi connectivity index (χ4n) is 1.66. The van der Waals surface area contributed by atoms with E-state index in [1.807, 2.05) is 0 Å². The molecule has 22 heavy (non-hydrogen) atoms. The second-order valence-corrected chi connectivity index (χ2v) is 5.98. The maximum absolute atomic E-state index is 12.7. The zero-order valence-electron chi connectivity index (χ0n) is 11.4. The van der Waals surface area contributed by atoms with E-state index in [1.54, 1.807) is 0 Å². The third kappa shape index (κ3) is 4.24. The van der Waals surface area contributed by atoms with Gasteiger partial charge in [0.15, 0.2) is 5.78 Å². The lowest BCUT2D eigenvalue weighted by molar-refractivity contribution is 0.104. The summed E-state index contributed by atoms with van der Waals surface area (Å²) in [5.41, 5.74) is 0.958. The largest absolute Gasteiger partial charge is 0.362 e. The number of hydrogen-bond donors (Lipinski definition) is 2. The number of nitrogens with two attached hydrogens (primary N) is 1. The quantitative estimate of drug-likeness (QED) is 0.653. The fraction of sp³-hybridized carbons (Fsp3) is 0. The average Bonchev–Trinajstić information content (AvgIpc) is 2.47. The Morgan fingerprint density at radius 1 is 1.05 bits per heavy atom. The maximum Gasteiger partial charge on any atom is 0.238 e. The molecule has 2 aromatic carbocycles. The van der Waals surface area contributed by atoms with Gasteiger partial charge in [-0.15, -0.1) is 0 Å². The third-order valence-corrected chi connectivity index (χ3v) is 3.73. The topological polar surface area (TPSA) is 89.3 Å². The molecule has 2 rings (SSSR count). The highest BCUT2D eigenvalue weighted by Gasteiger charge is 2.06. The summed E-state index contributed by atoms with van der Waals surface area (Å²) < 4.78 is 34.9. The number of carbonyl (C=O) groups excluding carboxylic acids is 1. The van der Waals surface area contributed by atoms with Crippen LogP contribution >= 0.6 is 0 Å². The molecule has 0 spiro atoms. The molecule has 0 saturated carbocycles.